The molecule has 0 spiro atoms. The Hall–Kier alpha value is -3.11. The monoisotopic (exact) mass is 344 g/mol. The average Bonchev–Trinajstić information content (AvgIpc) is 3.27. The van der Waals surface area contributed by atoms with Gasteiger partial charge < -0.3 is 9.97 Å². The van der Waals surface area contributed by atoms with Crippen LogP contribution in [0.3, 0.4) is 0 Å². The Morgan fingerprint density at radius 1 is 0.760 bits per heavy atom. The highest BCUT2D eigenvalue weighted by atomic mass is 35.5. The average molecular weight is 345 g/mol. The van der Waals surface area contributed by atoms with Crippen molar-refractivity contribution in [2.75, 3.05) is 0 Å². The highest BCUT2D eigenvalue weighted by molar-refractivity contribution is 6.30. The fraction of sp³-hybridized carbons (Fsp3) is 0. The first-order valence-electron chi connectivity index (χ1n) is 7.97. The van der Waals surface area contributed by atoms with Crippen molar-refractivity contribution in [2.24, 2.45) is 10.2 Å². The molecule has 0 radical (unpaired) electrons. The molecule has 5 heteroatoms. The fourth-order valence-corrected chi connectivity index (χ4v) is 3.36. The van der Waals surface area contributed by atoms with Gasteiger partial charge in [-0.3, -0.25) is 0 Å². The van der Waals surface area contributed by atoms with Gasteiger partial charge in [-0.25, -0.2) is 0 Å². The number of rotatable bonds is 2. The minimum atomic E-state index is 0.687. The summed E-state index contributed by atoms with van der Waals surface area (Å²) in [4.78, 5) is 6.60. The van der Waals surface area contributed by atoms with Gasteiger partial charge in [0.05, 0.1) is 5.69 Å². The summed E-state index contributed by atoms with van der Waals surface area (Å²) in [5, 5.41) is 14.1. The summed E-state index contributed by atoms with van der Waals surface area (Å²) in [5.41, 5.74) is 2.94. The van der Waals surface area contributed by atoms with E-state index in [1.807, 2.05) is 24.4 Å². The van der Waals surface area contributed by atoms with E-state index in [9.17, 15) is 0 Å². The predicted octanol–water partition coefficient (Wildman–Crippen LogP) is 6.87. The smallest absolute Gasteiger partial charge is 0.153 e. The van der Waals surface area contributed by atoms with E-state index < -0.39 is 0 Å². The fourth-order valence-electron chi connectivity index (χ4n) is 3.23. The molecule has 2 heterocycles. The quantitative estimate of drug-likeness (QED) is 0.328. The van der Waals surface area contributed by atoms with E-state index in [1.165, 1.54) is 16.2 Å². The minimum absolute atomic E-state index is 0.687. The van der Waals surface area contributed by atoms with E-state index in [2.05, 4.69) is 50.5 Å². The van der Waals surface area contributed by atoms with Crippen LogP contribution in [0.25, 0.3) is 32.6 Å². The van der Waals surface area contributed by atoms with Crippen LogP contribution in [-0.4, -0.2) is 9.97 Å². The maximum Gasteiger partial charge on any atom is 0.153 e. The number of fused-ring (bicyclic) bond motifs is 5. The Balaban J connectivity index is 1.67. The van der Waals surface area contributed by atoms with E-state index in [0.717, 1.165) is 27.9 Å². The van der Waals surface area contributed by atoms with Gasteiger partial charge >= 0.3 is 0 Å². The summed E-state index contributed by atoms with van der Waals surface area (Å²) in [7, 11) is 0. The zero-order chi connectivity index (χ0) is 16.8. The molecule has 0 aliphatic carbocycles. The molecule has 0 aliphatic rings. The molecule has 2 N–H and O–H groups in total. The third-order valence-electron chi connectivity index (χ3n) is 4.40. The number of halogens is 1. The molecule has 0 amide bonds. The lowest BCUT2D eigenvalue weighted by Gasteiger charge is -2.01. The molecule has 120 valence electrons. The first kappa shape index (κ1) is 14.3. The van der Waals surface area contributed by atoms with Crippen LogP contribution in [0, 0.1) is 0 Å². The van der Waals surface area contributed by atoms with Crippen LogP contribution in [0.4, 0.5) is 11.5 Å². The maximum absolute atomic E-state index is 5.90. The van der Waals surface area contributed by atoms with E-state index in [0.29, 0.717) is 5.02 Å². The number of H-pyrrole nitrogens is 2. The third kappa shape index (κ3) is 2.39. The van der Waals surface area contributed by atoms with Gasteiger partial charge in [0, 0.05) is 38.4 Å². The van der Waals surface area contributed by atoms with Crippen LogP contribution in [0.15, 0.2) is 77.1 Å². The SMILES string of the molecule is Clc1ccc(N=Nc2cc3c(ccc4ccc5[nH]ccc5c43)[nH]2)cc1. The lowest BCUT2D eigenvalue weighted by Crippen LogP contribution is -1.76. The normalized spacial score (nSPS) is 12.0. The number of nitrogens with zero attached hydrogens (tertiary/aromatic N) is 2. The maximum atomic E-state index is 5.90. The summed E-state index contributed by atoms with van der Waals surface area (Å²) < 4.78 is 0. The van der Waals surface area contributed by atoms with Crippen LogP contribution in [0.2, 0.25) is 5.02 Å². The number of hydrogen-bond donors (Lipinski definition) is 2. The topological polar surface area (TPSA) is 56.3 Å². The van der Waals surface area contributed by atoms with Crippen LogP contribution in [0.1, 0.15) is 0 Å². The molecular weight excluding hydrogens is 332 g/mol. The van der Waals surface area contributed by atoms with Crippen molar-refractivity contribution in [2.45, 2.75) is 0 Å². The molecule has 0 bridgehead atoms. The first-order chi connectivity index (χ1) is 12.3. The zero-order valence-corrected chi connectivity index (χ0v) is 13.9. The molecule has 4 nitrogen and oxygen atoms in total. The summed E-state index contributed by atoms with van der Waals surface area (Å²) in [5.74, 6) is 0.727. The predicted molar refractivity (Wildman–Crippen MR) is 103 cm³/mol. The van der Waals surface area contributed by atoms with Gasteiger partial charge in [-0.15, -0.1) is 10.2 Å². The van der Waals surface area contributed by atoms with Gasteiger partial charge in [0.25, 0.3) is 0 Å². The van der Waals surface area contributed by atoms with Gasteiger partial charge in [0.1, 0.15) is 0 Å². The van der Waals surface area contributed by atoms with Crippen molar-refractivity contribution in [1.29, 1.82) is 0 Å². The summed E-state index contributed by atoms with van der Waals surface area (Å²) in [6.07, 6.45) is 1.97. The second kappa shape index (κ2) is 5.46. The van der Waals surface area contributed by atoms with Crippen molar-refractivity contribution >= 4 is 55.7 Å². The largest absolute Gasteiger partial charge is 0.361 e. The first-order valence-corrected chi connectivity index (χ1v) is 8.34. The van der Waals surface area contributed by atoms with E-state index in [4.69, 9.17) is 11.6 Å². The van der Waals surface area contributed by atoms with Crippen molar-refractivity contribution in [3.05, 3.63) is 71.9 Å². The third-order valence-corrected chi connectivity index (χ3v) is 4.65. The van der Waals surface area contributed by atoms with Gasteiger partial charge in [0.15, 0.2) is 5.82 Å². The lowest BCUT2D eigenvalue weighted by atomic mass is 10.0. The van der Waals surface area contributed by atoms with Crippen LogP contribution in [-0.2, 0) is 0 Å². The van der Waals surface area contributed by atoms with Gasteiger partial charge in [-0.1, -0.05) is 23.7 Å². The van der Waals surface area contributed by atoms with Crippen LogP contribution < -0.4 is 0 Å². The molecule has 0 fully saturated rings. The second-order valence-electron chi connectivity index (χ2n) is 5.96. The Bertz CT molecular complexity index is 1250. The van der Waals surface area contributed by atoms with Crippen molar-refractivity contribution < 1.29 is 0 Å². The lowest BCUT2D eigenvalue weighted by molar-refractivity contribution is 1.19. The van der Waals surface area contributed by atoms with Gasteiger partial charge in [0.2, 0.25) is 0 Å². The van der Waals surface area contributed by atoms with Crippen molar-refractivity contribution in [3.63, 3.8) is 0 Å². The number of benzene rings is 3. The summed E-state index contributed by atoms with van der Waals surface area (Å²) >= 11 is 5.90. The molecule has 5 aromatic rings. The molecule has 0 aliphatic heterocycles. The van der Waals surface area contributed by atoms with Crippen molar-refractivity contribution in [3.8, 4) is 0 Å². The molecule has 25 heavy (non-hydrogen) atoms. The molecule has 0 unspecified atom stereocenters. The minimum Gasteiger partial charge on any atom is -0.361 e. The Morgan fingerprint density at radius 3 is 2.40 bits per heavy atom. The molecule has 0 atom stereocenters. The van der Waals surface area contributed by atoms with Gasteiger partial charge in [-0.2, -0.15) is 0 Å². The number of aromatic nitrogens is 2. The molecule has 5 rings (SSSR count). The zero-order valence-electron chi connectivity index (χ0n) is 13.1. The number of azo groups is 1. The van der Waals surface area contributed by atoms with Gasteiger partial charge in [-0.05, 0) is 53.9 Å². The highest BCUT2D eigenvalue weighted by Crippen LogP contribution is 2.34. The Morgan fingerprint density at radius 2 is 1.56 bits per heavy atom. The number of aromatic amines is 2. The Kier molecular flexibility index (Phi) is 3.11. The highest BCUT2D eigenvalue weighted by Gasteiger charge is 2.08. The second-order valence-corrected chi connectivity index (χ2v) is 6.40. The van der Waals surface area contributed by atoms with Crippen LogP contribution >= 0.6 is 11.6 Å². The molecular formula is C20H13ClN4. The molecule has 0 saturated heterocycles. The van der Waals surface area contributed by atoms with E-state index in [1.54, 1.807) is 12.1 Å². The van der Waals surface area contributed by atoms with E-state index in [-0.39, 0.29) is 0 Å². The Labute approximate surface area is 148 Å². The van der Waals surface area contributed by atoms with Crippen LogP contribution in [0.5, 0.6) is 0 Å². The molecule has 3 aromatic carbocycles. The van der Waals surface area contributed by atoms with E-state index >= 15 is 0 Å². The molecule has 0 saturated carbocycles. The number of hydrogen-bond acceptors (Lipinski definition) is 2. The number of nitrogens with one attached hydrogen (secondary N) is 2. The standard InChI is InChI=1S/C20H13ClN4/c21-13-3-5-14(6-4-13)24-25-19-11-16-18(23-19)8-2-12-1-7-17-15(20(12)16)9-10-22-17/h1-11,22-23H. The summed E-state index contributed by atoms with van der Waals surface area (Å²) in [6.45, 7) is 0. The summed E-state index contributed by atoms with van der Waals surface area (Å²) in [6, 6.07) is 19.9. The molecule has 2 aromatic heterocycles. The van der Waals surface area contributed by atoms with Crippen molar-refractivity contribution in [1.82, 2.24) is 9.97 Å².